The Balaban J connectivity index is 1.70. The van der Waals surface area contributed by atoms with Crippen molar-refractivity contribution >= 4 is 11.7 Å². The maximum absolute atomic E-state index is 13.1. The molecular weight excluding hydrogens is 324 g/mol. The fourth-order valence-corrected chi connectivity index (χ4v) is 4.15. The molecule has 5 nitrogen and oxygen atoms in total. The zero-order valence-corrected chi connectivity index (χ0v) is 15.6. The molecule has 1 aromatic carbocycles. The van der Waals surface area contributed by atoms with Gasteiger partial charge in [0.15, 0.2) is 5.82 Å². The van der Waals surface area contributed by atoms with Gasteiger partial charge in [-0.15, -0.1) is 0 Å². The first kappa shape index (κ1) is 17.0. The number of likely N-dealkylation sites (tertiary alicyclic amines) is 1. The number of fused-ring (bicyclic) bond motifs is 1. The highest BCUT2D eigenvalue weighted by atomic mass is 16.2. The van der Waals surface area contributed by atoms with Gasteiger partial charge in [-0.1, -0.05) is 18.2 Å². The van der Waals surface area contributed by atoms with Gasteiger partial charge in [-0.3, -0.25) is 4.79 Å². The minimum Gasteiger partial charge on any atom is -0.359 e. The Kier molecular flexibility index (Phi) is 4.62. The smallest absolute Gasteiger partial charge is 0.254 e. The molecule has 1 saturated heterocycles. The fraction of sp³-hybridized carbons (Fsp3) is 0.476. The number of hydrogen-bond donors (Lipinski definition) is 0. The van der Waals surface area contributed by atoms with Gasteiger partial charge in [0.2, 0.25) is 0 Å². The highest BCUT2D eigenvalue weighted by Crippen LogP contribution is 2.33. The third-order valence-electron chi connectivity index (χ3n) is 5.57. The lowest BCUT2D eigenvalue weighted by Crippen LogP contribution is -2.40. The summed E-state index contributed by atoms with van der Waals surface area (Å²) in [5.74, 6) is 1.94. The second kappa shape index (κ2) is 7.06. The normalized spacial score (nSPS) is 20.0. The Hall–Kier alpha value is -2.43. The van der Waals surface area contributed by atoms with E-state index in [1.165, 1.54) is 5.56 Å². The van der Waals surface area contributed by atoms with Crippen LogP contribution in [0.2, 0.25) is 0 Å². The van der Waals surface area contributed by atoms with Gasteiger partial charge in [0, 0.05) is 37.0 Å². The number of carbonyl (C=O) groups excluding carboxylic acids is 1. The zero-order chi connectivity index (χ0) is 18.1. The molecule has 0 aliphatic carbocycles. The predicted molar refractivity (Wildman–Crippen MR) is 102 cm³/mol. The maximum atomic E-state index is 13.1. The van der Waals surface area contributed by atoms with Crippen molar-refractivity contribution in [2.75, 3.05) is 25.0 Å². The Morgan fingerprint density at radius 1 is 1.08 bits per heavy atom. The van der Waals surface area contributed by atoms with Gasteiger partial charge in [-0.05, 0) is 51.2 Å². The van der Waals surface area contributed by atoms with Crippen LogP contribution >= 0.6 is 0 Å². The van der Waals surface area contributed by atoms with Crippen LogP contribution in [0.3, 0.4) is 0 Å². The van der Waals surface area contributed by atoms with Crippen LogP contribution in [0.5, 0.6) is 0 Å². The summed E-state index contributed by atoms with van der Waals surface area (Å²) in [4.78, 5) is 27.0. The van der Waals surface area contributed by atoms with Crippen LogP contribution in [-0.4, -0.2) is 40.9 Å². The molecule has 3 heterocycles. The summed E-state index contributed by atoms with van der Waals surface area (Å²) < 4.78 is 0. The number of amides is 1. The molecule has 2 aliphatic heterocycles. The van der Waals surface area contributed by atoms with E-state index in [4.69, 9.17) is 9.97 Å². The van der Waals surface area contributed by atoms with E-state index in [9.17, 15) is 4.79 Å². The Morgan fingerprint density at radius 2 is 1.88 bits per heavy atom. The largest absolute Gasteiger partial charge is 0.359 e. The van der Waals surface area contributed by atoms with Crippen molar-refractivity contribution in [1.82, 2.24) is 14.9 Å². The minimum atomic E-state index is -0.0317. The van der Waals surface area contributed by atoms with Gasteiger partial charge in [-0.2, -0.15) is 0 Å². The van der Waals surface area contributed by atoms with E-state index in [0.29, 0.717) is 0 Å². The Labute approximate surface area is 155 Å². The van der Waals surface area contributed by atoms with E-state index in [-0.39, 0.29) is 11.9 Å². The number of aryl methyl sites for hydroxylation is 1. The van der Waals surface area contributed by atoms with Crippen LogP contribution in [0.1, 0.15) is 59.2 Å². The minimum absolute atomic E-state index is 0.0317. The summed E-state index contributed by atoms with van der Waals surface area (Å²) in [5, 5.41) is 0. The molecule has 1 fully saturated rings. The SMILES string of the molecule is Cc1nc(C2CCCCN2C(=O)c2ccccc2)nc2c1CCCN2C. The predicted octanol–water partition coefficient (Wildman–Crippen LogP) is 3.53. The molecule has 5 heteroatoms. The summed E-state index contributed by atoms with van der Waals surface area (Å²) in [6.07, 6.45) is 5.27. The molecule has 0 radical (unpaired) electrons. The number of aromatic nitrogens is 2. The number of piperidine rings is 1. The Bertz CT molecular complexity index is 805. The van der Waals surface area contributed by atoms with Gasteiger partial charge in [0.1, 0.15) is 5.82 Å². The van der Waals surface area contributed by atoms with Crippen LogP contribution in [-0.2, 0) is 6.42 Å². The van der Waals surface area contributed by atoms with Crippen molar-refractivity contribution in [3.05, 3.63) is 53.0 Å². The first-order chi connectivity index (χ1) is 12.6. The summed E-state index contributed by atoms with van der Waals surface area (Å²) in [7, 11) is 2.10. The van der Waals surface area contributed by atoms with E-state index in [2.05, 4.69) is 18.9 Å². The molecule has 0 bridgehead atoms. The van der Waals surface area contributed by atoms with Crippen molar-refractivity contribution < 1.29 is 4.79 Å². The monoisotopic (exact) mass is 350 g/mol. The number of rotatable bonds is 2. The van der Waals surface area contributed by atoms with Gasteiger partial charge in [0.05, 0.1) is 6.04 Å². The third kappa shape index (κ3) is 3.06. The van der Waals surface area contributed by atoms with Crippen molar-refractivity contribution in [1.29, 1.82) is 0 Å². The second-order valence-electron chi connectivity index (χ2n) is 7.37. The van der Waals surface area contributed by atoms with Gasteiger partial charge in [0.25, 0.3) is 5.91 Å². The van der Waals surface area contributed by atoms with Gasteiger partial charge >= 0.3 is 0 Å². The maximum Gasteiger partial charge on any atom is 0.254 e. The highest BCUT2D eigenvalue weighted by Gasteiger charge is 2.32. The second-order valence-corrected chi connectivity index (χ2v) is 7.37. The molecule has 1 unspecified atom stereocenters. The summed E-state index contributed by atoms with van der Waals surface area (Å²) in [6, 6.07) is 9.52. The molecule has 26 heavy (non-hydrogen) atoms. The molecule has 1 atom stereocenters. The average Bonchev–Trinajstić information content (AvgIpc) is 2.69. The molecule has 0 spiro atoms. The van der Waals surface area contributed by atoms with E-state index >= 15 is 0 Å². The lowest BCUT2D eigenvalue weighted by atomic mass is 9.98. The average molecular weight is 350 g/mol. The van der Waals surface area contributed by atoms with Crippen LogP contribution < -0.4 is 4.90 Å². The van der Waals surface area contributed by atoms with E-state index in [1.807, 2.05) is 35.2 Å². The van der Waals surface area contributed by atoms with Crippen molar-refractivity contribution in [2.24, 2.45) is 0 Å². The van der Waals surface area contributed by atoms with Gasteiger partial charge < -0.3 is 9.80 Å². The van der Waals surface area contributed by atoms with E-state index < -0.39 is 0 Å². The zero-order valence-electron chi connectivity index (χ0n) is 15.6. The standard InChI is InChI=1S/C21H26N4O/c1-15-17-11-8-13-24(2)20(17)23-19(22-15)18-12-6-7-14-25(18)21(26)16-9-4-3-5-10-16/h3-5,9-10,18H,6-8,11-14H2,1-2H3. The first-order valence-electron chi connectivity index (χ1n) is 9.59. The molecule has 4 rings (SSSR count). The Morgan fingerprint density at radius 3 is 2.69 bits per heavy atom. The molecular formula is C21H26N4O. The molecule has 1 amide bonds. The fourth-order valence-electron chi connectivity index (χ4n) is 4.15. The number of hydrogen-bond acceptors (Lipinski definition) is 4. The molecule has 0 saturated carbocycles. The molecule has 2 aromatic rings. The van der Waals surface area contributed by atoms with Crippen molar-refractivity contribution in [3.63, 3.8) is 0 Å². The van der Waals surface area contributed by atoms with Crippen LogP contribution in [0, 0.1) is 6.92 Å². The quantitative estimate of drug-likeness (QED) is 0.831. The van der Waals surface area contributed by atoms with E-state index in [0.717, 1.165) is 68.1 Å². The number of nitrogens with zero attached hydrogens (tertiary/aromatic N) is 4. The van der Waals surface area contributed by atoms with Gasteiger partial charge in [-0.25, -0.2) is 9.97 Å². The third-order valence-corrected chi connectivity index (χ3v) is 5.57. The van der Waals surface area contributed by atoms with Crippen molar-refractivity contribution in [2.45, 2.75) is 45.1 Å². The summed E-state index contributed by atoms with van der Waals surface area (Å²) in [6.45, 7) is 3.88. The number of carbonyl (C=O) groups is 1. The number of anilines is 1. The topological polar surface area (TPSA) is 49.3 Å². The molecule has 136 valence electrons. The molecule has 0 N–H and O–H groups in total. The molecule has 2 aliphatic rings. The molecule has 1 aromatic heterocycles. The van der Waals surface area contributed by atoms with Crippen LogP contribution in [0.25, 0.3) is 0 Å². The van der Waals surface area contributed by atoms with E-state index in [1.54, 1.807) is 0 Å². The van der Waals surface area contributed by atoms with Crippen LogP contribution in [0.15, 0.2) is 30.3 Å². The van der Waals surface area contributed by atoms with Crippen molar-refractivity contribution in [3.8, 4) is 0 Å². The summed E-state index contributed by atoms with van der Waals surface area (Å²) in [5.41, 5.74) is 3.07. The lowest BCUT2D eigenvalue weighted by molar-refractivity contribution is 0.0599. The lowest BCUT2D eigenvalue weighted by Gasteiger charge is -2.36. The summed E-state index contributed by atoms with van der Waals surface area (Å²) >= 11 is 0. The van der Waals surface area contributed by atoms with Crippen LogP contribution in [0.4, 0.5) is 5.82 Å². The number of benzene rings is 1. The highest BCUT2D eigenvalue weighted by molar-refractivity contribution is 5.94. The first-order valence-corrected chi connectivity index (χ1v) is 9.59.